The Balaban J connectivity index is 1.78. The van der Waals surface area contributed by atoms with Crippen LogP contribution in [-0.4, -0.2) is 20.7 Å². The zero-order valence-corrected chi connectivity index (χ0v) is 16.9. The summed E-state index contributed by atoms with van der Waals surface area (Å²) in [7, 11) is 1.71. The summed E-state index contributed by atoms with van der Waals surface area (Å²) in [6, 6.07) is 3.95. The van der Waals surface area contributed by atoms with E-state index in [0.29, 0.717) is 17.1 Å². The molecule has 3 heterocycles. The summed E-state index contributed by atoms with van der Waals surface area (Å²) >= 11 is 4.44. The minimum absolute atomic E-state index is 0.0551. The number of thioether (sulfide) groups is 1. The number of nitrogens with one attached hydrogen (secondary N) is 1. The standard InChI is InChI=1S/C17H19N3O2S3/c1-9-10(2)24-15-13(9)16(22)20(4)17(19-15)25-11(3)14(21)18-8-12-6-5-7-23-12/h5-7,11H,8H2,1-4H3,(H,18,21). The van der Waals surface area contributed by atoms with E-state index in [-0.39, 0.29) is 16.7 Å². The number of carbonyl (C=O) groups is 1. The molecule has 1 atom stereocenters. The Kier molecular flexibility index (Phi) is 5.31. The number of rotatable bonds is 5. The third-order valence-corrected chi connectivity index (χ3v) is 7.16. The van der Waals surface area contributed by atoms with Crippen LogP contribution in [0.4, 0.5) is 0 Å². The van der Waals surface area contributed by atoms with Crippen LogP contribution in [0, 0.1) is 13.8 Å². The highest BCUT2D eigenvalue weighted by molar-refractivity contribution is 8.00. The maximum Gasteiger partial charge on any atom is 0.262 e. The molecule has 132 valence electrons. The topological polar surface area (TPSA) is 64.0 Å². The van der Waals surface area contributed by atoms with E-state index in [0.717, 1.165) is 20.1 Å². The van der Waals surface area contributed by atoms with Crippen molar-refractivity contribution in [3.63, 3.8) is 0 Å². The molecule has 0 aliphatic rings. The SMILES string of the molecule is Cc1sc2nc(SC(C)C(=O)NCc3cccs3)n(C)c(=O)c2c1C. The number of nitrogens with zero attached hydrogens (tertiary/aromatic N) is 2. The van der Waals surface area contributed by atoms with Gasteiger partial charge in [0.25, 0.3) is 5.56 Å². The van der Waals surface area contributed by atoms with Crippen LogP contribution < -0.4 is 10.9 Å². The minimum Gasteiger partial charge on any atom is -0.350 e. The lowest BCUT2D eigenvalue weighted by molar-refractivity contribution is -0.120. The van der Waals surface area contributed by atoms with Gasteiger partial charge in [-0.05, 0) is 37.8 Å². The normalized spacial score (nSPS) is 12.5. The highest BCUT2D eigenvalue weighted by atomic mass is 32.2. The van der Waals surface area contributed by atoms with Gasteiger partial charge in [-0.2, -0.15) is 0 Å². The van der Waals surface area contributed by atoms with E-state index in [1.54, 1.807) is 18.4 Å². The van der Waals surface area contributed by atoms with Crippen molar-refractivity contribution in [2.75, 3.05) is 0 Å². The summed E-state index contributed by atoms with van der Waals surface area (Å²) < 4.78 is 1.54. The molecule has 0 aliphatic carbocycles. The predicted molar refractivity (Wildman–Crippen MR) is 106 cm³/mol. The Morgan fingerprint density at radius 1 is 1.44 bits per heavy atom. The first-order chi connectivity index (χ1) is 11.9. The summed E-state index contributed by atoms with van der Waals surface area (Å²) in [5, 5.41) is 5.83. The largest absolute Gasteiger partial charge is 0.350 e. The van der Waals surface area contributed by atoms with E-state index < -0.39 is 0 Å². The Labute approximate surface area is 158 Å². The first kappa shape index (κ1) is 18.2. The summed E-state index contributed by atoms with van der Waals surface area (Å²) in [5.74, 6) is -0.0636. The molecule has 5 nitrogen and oxygen atoms in total. The second-order valence-corrected chi connectivity index (χ2v) is 9.32. The van der Waals surface area contributed by atoms with Crippen molar-refractivity contribution in [2.24, 2.45) is 7.05 Å². The van der Waals surface area contributed by atoms with Gasteiger partial charge in [-0.1, -0.05) is 17.8 Å². The Morgan fingerprint density at radius 2 is 2.20 bits per heavy atom. The molecule has 0 bridgehead atoms. The van der Waals surface area contributed by atoms with Crippen LogP contribution in [0.2, 0.25) is 0 Å². The van der Waals surface area contributed by atoms with Crippen molar-refractivity contribution in [1.29, 1.82) is 0 Å². The van der Waals surface area contributed by atoms with Crippen LogP contribution in [0.1, 0.15) is 22.2 Å². The molecule has 0 aromatic carbocycles. The molecule has 8 heteroatoms. The highest BCUT2D eigenvalue weighted by Gasteiger charge is 2.20. The average Bonchev–Trinajstić information content (AvgIpc) is 3.19. The summed E-state index contributed by atoms with van der Waals surface area (Å²) in [6.45, 7) is 6.30. The number of thiophene rings is 2. The van der Waals surface area contributed by atoms with Crippen molar-refractivity contribution in [2.45, 2.75) is 37.7 Å². The Hall–Kier alpha value is -1.64. The second kappa shape index (κ2) is 7.31. The fraction of sp³-hybridized carbons (Fsp3) is 0.353. The third-order valence-electron chi connectivity index (χ3n) is 4.04. The number of hydrogen-bond acceptors (Lipinski definition) is 6. The van der Waals surface area contributed by atoms with Gasteiger partial charge in [0.15, 0.2) is 5.16 Å². The van der Waals surface area contributed by atoms with E-state index in [2.05, 4.69) is 10.3 Å². The average molecular weight is 394 g/mol. The smallest absolute Gasteiger partial charge is 0.262 e. The van der Waals surface area contributed by atoms with Gasteiger partial charge in [0.2, 0.25) is 5.91 Å². The molecular formula is C17H19N3O2S3. The van der Waals surface area contributed by atoms with Gasteiger partial charge in [-0.3, -0.25) is 14.2 Å². The molecule has 25 heavy (non-hydrogen) atoms. The summed E-state index contributed by atoms with van der Waals surface area (Å²) in [4.78, 5) is 32.5. The van der Waals surface area contributed by atoms with Crippen molar-refractivity contribution in [1.82, 2.24) is 14.9 Å². The molecule has 1 N–H and O–H groups in total. The molecular weight excluding hydrogens is 374 g/mol. The zero-order chi connectivity index (χ0) is 18.1. The van der Waals surface area contributed by atoms with Gasteiger partial charge in [0.1, 0.15) is 4.83 Å². The number of aryl methyl sites for hydroxylation is 2. The zero-order valence-electron chi connectivity index (χ0n) is 14.5. The van der Waals surface area contributed by atoms with E-state index in [1.165, 1.54) is 27.7 Å². The number of fused-ring (bicyclic) bond motifs is 1. The van der Waals surface area contributed by atoms with Gasteiger partial charge in [-0.15, -0.1) is 22.7 Å². The Bertz CT molecular complexity index is 973. The highest BCUT2D eigenvalue weighted by Crippen LogP contribution is 2.29. The number of hydrogen-bond donors (Lipinski definition) is 1. The Morgan fingerprint density at radius 3 is 2.88 bits per heavy atom. The molecule has 3 aromatic heterocycles. The first-order valence-corrected chi connectivity index (χ1v) is 10.4. The van der Waals surface area contributed by atoms with Crippen LogP contribution in [-0.2, 0) is 18.4 Å². The maximum atomic E-state index is 12.6. The molecule has 0 radical (unpaired) electrons. The number of carbonyl (C=O) groups excluding carboxylic acids is 1. The fourth-order valence-corrected chi connectivity index (χ4v) is 5.02. The van der Waals surface area contributed by atoms with Crippen molar-refractivity contribution >= 4 is 50.6 Å². The lowest BCUT2D eigenvalue weighted by atomic mass is 10.2. The fourth-order valence-electron chi connectivity index (χ4n) is 2.40. The van der Waals surface area contributed by atoms with Crippen LogP contribution in [0.25, 0.3) is 10.2 Å². The van der Waals surface area contributed by atoms with Crippen molar-refractivity contribution in [3.05, 3.63) is 43.2 Å². The summed E-state index contributed by atoms with van der Waals surface area (Å²) in [5.41, 5.74) is 0.937. The van der Waals surface area contributed by atoms with Gasteiger partial charge in [-0.25, -0.2) is 4.98 Å². The molecule has 0 saturated heterocycles. The van der Waals surface area contributed by atoms with Crippen molar-refractivity contribution in [3.8, 4) is 0 Å². The number of aromatic nitrogens is 2. The molecule has 0 spiro atoms. The monoisotopic (exact) mass is 393 g/mol. The lowest BCUT2D eigenvalue weighted by Crippen LogP contribution is -2.31. The molecule has 1 unspecified atom stereocenters. The summed E-state index contributed by atoms with van der Waals surface area (Å²) in [6.07, 6.45) is 0. The van der Waals surface area contributed by atoms with Crippen LogP contribution >= 0.6 is 34.4 Å². The molecule has 3 rings (SSSR count). The van der Waals surface area contributed by atoms with Gasteiger partial charge in [0, 0.05) is 16.8 Å². The second-order valence-electron chi connectivity index (χ2n) is 5.78. The predicted octanol–water partition coefficient (Wildman–Crippen LogP) is 3.47. The van der Waals surface area contributed by atoms with Crippen LogP contribution in [0.3, 0.4) is 0 Å². The van der Waals surface area contributed by atoms with E-state index in [4.69, 9.17) is 0 Å². The number of amides is 1. The van der Waals surface area contributed by atoms with Gasteiger partial charge < -0.3 is 5.32 Å². The van der Waals surface area contributed by atoms with Crippen LogP contribution in [0.5, 0.6) is 0 Å². The van der Waals surface area contributed by atoms with E-state index in [9.17, 15) is 9.59 Å². The molecule has 1 amide bonds. The first-order valence-electron chi connectivity index (χ1n) is 7.82. The van der Waals surface area contributed by atoms with Crippen molar-refractivity contribution < 1.29 is 4.79 Å². The van der Waals surface area contributed by atoms with Crippen LogP contribution in [0.15, 0.2) is 27.5 Å². The molecule has 0 fully saturated rings. The quantitative estimate of drug-likeness (QED) is 0.532. The third kappa shape index (κ3) is 3.65. The maximum absolute atomic E-state index is 12.6. The molecule has 0 saturated carbocycles. The van der Waals surface area contributed by atoms with E-state index in [1.807, 2.05) is 38.3 Å². The molecule has 0 aliphatic heterocycles. The van der Waals surface area contributed by atoms with Gasteiger partial charge in [0.05, 0.1) is 17.2 Å². The minimum atomic E-state index is -0.335. The molecule has 3 aromatic rings. The lowest BCUT2D eigenvalue weighted by Gasteiger charge is -2.13. The van der Waals surface area contributed by atoms with Gasteiger partial charge >= 0.3 is 0 Å². The van der Waals surface area contributed by atoms with E-state index >= 15 is 0 Å².